The molecule has 7 heteroatoms. The molecule has 1 fully saturated rings. The SMILES string of the molecule is Cl.Cl.O=C(CC1CCCN1)NCc1ncc[nH]1. The number of aromatic nitrogens is 2. The Balaban J connectivity index is 0.00000128. The number of hydrogen-bond acceptors (Lipinski definition) is 3. The summed E-state index contributed by atoms with van der Waals surface area (Å²) in [5, 5.41) is 6.14. The second-order valence-electron chi connectivity index (χ2n) is 3.81. The highest BCUT2D eigenvalue weighted by atomic mass is 35.5. The number of H-pyrrole nitrogens is 1. The molecule has 0 radical (unpaired) electrons. The predicted octanol–water partition coefficient (Wildman–Crippen LogP) is 1.01. The third kappa shape index (κ3) is 5.39. The van der Waals surface area contributed by atoms with Crippen molar-refractivity contribution >= 4 is 30.7 Å². The Hall–Kier alpha value is -0.780. The van der Waals surface area contributed by atoms with Gasteiger partial charge >= 0.3 is 0 Å². The molecule has 2 heterocycles. The van der Waals surface area contributed by atoms with Crippen LogP contribution in [0.25, 0.3) is 0 Å². The monoisotopic (exact) mass is 280 g/mol. The Morgan fingerprint density at radius 3 is 2.94 bits per heavy atom. The fourth-order valence-corrected chi connectivity index (χ4v) is 1.80. The highest BCUT2D eigenvalue weighted by Gasteiger charge is 2.17. The maximum Gasteiger partial charge on any atom is 0.221 e. The quantitative estimate of drug-likeness (QED) is 0.771. The van der Waals surface area contributed by atoms with Gasteiger partial charge in [0.05, 0.1) is 6.54 Å². The molecule has 0 aliphatic carbocycles. The van der Waals surface area contributed by atoms with Gasteiger partial charge in [-0.2, -0.15) is 0 Å². The lowest BCUT2D eigenvalue weighted by Gasteiger charge is -2.09. The average Bonchev–Trinajstić information content (AvgIpc) is 2.86. The Kier molecular flexibility index (Phi) is 7.95. The Morgan fingerprint density at radius 2 is 2.35 bits per heavy atom. The molecular weight excluding hydrogens is 263 g/mol. The number of halogens is 2. The smallest absolute Gasteiger partial charge is 0.221 e. The summed E-state index contributed by atoms with van der Waals surface area (Å²) < 4.78 is 0. The molecule has 17 heavy (non-hydrogen) atoms. The van der Waals surface area contributed by atoms with Crippen LogP contribution >= 0.6 is 24.8 Å². The second-order valence-corrected chi connectivity index (χ2v) is 3.81. The van der Waals surface area contributed by atoms with E-state index in [-0.39, 0.29) is 30.7 Å². The van der Waals surface area contributed by atoms with Crippen LogP contribution in [0, 0.1) is 0 Å². The van der Waals surface area contributed by atoms with Gasteiger partial charge in [-0.15, -0.1) is 24.8 Å². The van der Waals surface area contributed by atoms with Crippen molar-refractivity contribution in [3.8, 4) is 0 Å². The number of rotatable bonds is 4. The van der Waals surface area contributed by atoms with Crippen LogP contribution in [-0.2, 0) is 11.3 Å². The van der Waals surface area contributed by atoms with Gasteiger partial charge in [0.15, 0.2) is 0 Å². The molecule has 5 nitrogen and oxygen atoms in total. The van der Waals surface area contributed by atoms with Crippen molar-refractivity contribution in [1.29, 1.82) is 0 Å². The lowest BCUT2D eigenvalue weighted by Crippen LogP contribution is -2.31. The van der Waals surface area contributed by atoms with E-state index in [1.165, 1.54) is 6.42 Å². The number of aromatic amines is 1. The van der Waals surface area contributed by atoms with E-state index < -0.39 is 0 Å². The van der Waals surface area contributed by atoms with Crippen molar-refractivity contribution in [3.05, 3.63) is 18.2 Å². The van der Waals surface area contributed by atoms with Crippen molar-refractivity contribution in [2.24, 2.45) is 0 Å². The van der Waals surface area contributed by atoms with Gasteiger partial charge in [0, 0.05) is 24.9 Å². The molecule has 0 bridgehead atoms. The molecular formula is C10H18Cl2N4O. The molecule has 1 aliphatic rings. The third-order valence-electron chi connectivity index (χ3n) is 2.60. The molecule has 1 unspecified atom stereocenters. The van der Waals surface area contributed by atoms with Crippen LogP contribution in [0.5, 0.6) is 0 Å². The van der Waals surface area contributed by atoms with Crippen molar-refractivity contribution in [1.82, 2.24) is 20.6 Å². The number of hydrogen-bond donors (Lipinski definition) is 3. The van der Waals surface area contributed by atoms with Crippen LogP contribution in [-0.4, -0.2) is 28.5 Å². The molecule has 1 saturated heterocycles. The van der Waals surface area contributed by atoms with Crippen molar-refractivity contribution in [3.63, 3.8) is 0 Å². The molecule has 2 rings (SSSR count). The van der Waals surface area contributed by atoms with Crippen LogP contribution in [0.2, 0.25) is 0 Å². The Labute approximate surface area is 113 Å². The molecule has 1 atom stereocenters. The zero-order chi connectivity index (χ0) is 10.5. The number of nitrogens with zero attached hydrogens (tertiary/aromatic N) is 1. The van der Waals surface area contributed by atoms with Gasteiger partial charge in [-0.1, -0.05) is 0 Å². The van der Waals surface area contributed by atoms with Gasteiger partial charge in [0.25, 0.3) is 0 Å². The fraction of sp³-hybridized carbons (Fsp3) is 0.600. The van der Waals surface area contributed by atoms with E-state index in [4.69, 9.17) is 0 Å². The van der Waals surface area contributed by atoms with Crippen LogP contribution < -0.4 is 10.6 Å². The van der Waals surface area contributed by atoms with E-state index in [9.17, 15) is 4.79 Å². The van der Waals surface area contributed by atoms with Crippen molar-refractivity contribution in [2.75, 3.05) is 6.54 Å². The second kappa shape index (κ2) is 8.33. The molecule has 1 aliphatic heterocycles. The normalized spacial score (nSPS) is 18.0. The summed E-state index contributed by atoms with van der Waals surface area (Å²) in [5.74, 6) is 0.883. The van der Waals surface area contributed by atoms with E-state index in [1.54, 1.807) is 12.4 Å². The lowest BCUT2D eigenvalue weighted by molar-refractivity contribution is -0.121. The number of nitrogens with one attached hydrogen (secondary N) is 3. The topological polar surface area (TPSA) is 69.8 Å². The molecule has 1 amide bonds. The zero-order valence-corrected chi connectivity index (χ0v) is 11.1. The first-order chi connectivity index (χ1) is 7.34. The molecule has 98 valence electrons. The van der Waals surface area contributed by atoms with Gasteiger partial charge in [-0.25, -0.2) is 4.98 Å². The van der Waals surface area contributed by atoms with Gasteiger partial charge < -0.3 is 15.6 Å². The number of imidazole rings is 1. The first-order valence-electron chi connectivity index (χ1n) is 5.33. The molecule has 1 aromatic rings. The zero-order valence-electron chi connectivity index (χ0n) is 9.44. The van der Waals surface area contributed by atoms with Gasteiger partial charge in [0.2, 0.25) is 5.91 Å². The predicted molar refractivity (Wildman–Crippen MR) is 70.6 cm³/mol. The van der Waals surface area contributed by atoms with Gasteiger partial charge in [-0.05, 0) is 19.4 Å². The Morgan fingerprint density at radius 1 is 1.53 bits per heavy atom. The van der Waals surface area contributed by atoms with E-state index in [1.807, 2.05) is 0 Å². The number of amides is 1. The average molecular weight is 281 g/mol. The maximum absolute atomic E-state index is 11.5. The van der Waals surface area contributed by atoms with Crippen LogP contribution in [0.15, 0.2) is 12.4 Å². The van der Waals surface area contributed by atoms with Gasteiger partial charge in [0.1, 0.15) is 5.82 Å². The van der Waals surface area contributed by atoms with Crippen molar-refractivity contribution in [2.45, 2.75) is 31.8 Å². The first-order valence-corrected chi connectivity index (χ1v) is 5.33. The summed E-state index contributed by atoms with van der Waals surface area (Å²) >= 11 is 0. The van der Waals surface area contributed by atoms with E-state index >= 15 is 0 Å². The minimum atomic E-state index is 0. The van der Waals surface area contributed by atoms with Gasteiger partial charge in [-0.3, -0.25) is 4.79 Å². The van der Waals surface area contributed by atoms with Crippen LogP contribution in [0.3, 0.4) is 0 Å². The summed E-state index contributed by atoms with van der Waals surface area (Å²) in [6.07, 6.45) is 6.28. The first kappa shape index (κ1) is 16.2. The Bertz CT molecular complexity index is 312. The maximum atomic E-state index is 11.5. The molecule has 0 aromatic carbocycles. The standard InChI is InChI=1S/C10H16N4O.2ClH/c15-10(6-8-2-1-3-11-8)14-7-9-12-4-5-13-9;;/h4-5,8,11H,1-3,6-7H2,(H,12,13)(H,14,15);2*1H. The molecule has 0 spiro atoms. The summed E-state index contributed by atoms with van der Waals surface area (Å²) in [5.41, 5.74) is 0. The minimum Gasteiger partial charge on any atom is -0.349 e. The summed E-state index contributed by atoms with van der Waals surface area (Å²) in [7, 11) is 0. The summed E-state index contributed by atoms with van der Waals surface area (Å²) in [6, 6.07) is 0.363. The van der Waals surface area contributed by atoms with E-state index in [0.29, 0.717) is 19.0 Å². The van der Waals surface area contributed by atoms with E-state index in [0.717, 1.165) is 18.8 Å². The lowest BCUT2D eigenvalue weighted by atomic mass is 10.1. The van der Waals surface area contributed by atoms with E-state index in [2.05, 4.69) is 20.6 Å². The number of carbonyl (C=O) groups excluding carboxylic acids is 1. The summed E-state index contributed by atoms with van der Waals surface area (Å²) in [6.45, 7) is 1.52. The van der Waals surface area contributed by atoms with Crippen LogP contribution in [0.1, 0.15) is 25.1 Å². The van der Waals surface area contributed by atoms with Crippen LogP contribution in [0.4, 0.5) is 0 Å². The third-order valence-corrected chi connectivity index (χ3v) is 2.60. The molecule has 0 saturated carbocycles. The minimum absolute atomic E-state index is 0. The number of carbonyl (C=O) groups is 1. The highest BCUT2D eigenvalue weighted by molar-refractivity contribution is 5.85. The largest absolute Gasteiger partial charge is 0.349 e. The fourth-order valence-electron chi connectivity index (χ4n) is 1.80. The van der Waals surface area contributed by atoms with Crippen molar-refractivity contribution < 1.29 is 4.79 Å². The highest BCUT2D eigenvalue weighted by Crippen LogP contribution is 2.08. The molecule has 3 N–H and O–H groups in total. The molecule has 1 aromatic heterocycles. The summed E-state index contributed by atoms with van der Waals surface area (Å²) in [4.78, 5) is 18.5.